The van der Waals surface area contributed by atoms with Crippen LogP contribution in [0.2, 0.25) is 0 Å². The first-order chi connectivity index (χ1) is 13.9. The van der Waals surface area contributed by atoms with Gasteiger partial charge in [0.05, 0.1) is 18.5 Å². The van der Waals surface area contributed by atoms with Crippen molar-refractivity contribution in [2.24, 2.45) is 0 Å². The minimum Gasteiger partial charge on any atom is -0.508 e. The minimum absolute atomic E-state index is 0.0261. The Bertz CT molecular complexity index is 1240. The smallest absolute Gasteiger partial charge is 0.174 e. The number of pyridine rings is 1. The summed E-state index contributed by atoms with van der Waals surface area (Å²) in [6.45, 7) is 1.59. The molecule has 0 aliphatic carbocycles. The number of aromatic hydroxyl groups is 1. The van der Waals surface area contributed by atoms with E-state index in [9.17, 15) is 9.50 Å². The maximum atomic E-state index is 15.5. The Morgan fingerprint density at radius 2 is 1.90 bits per heavy atom. The zero-order valence-electron chi connectivity index (χ0n) is 15.5. The molecule has 0 saturated heterocycles. The summed E-state index contributed by atoms with van der Waals surface area (Å²) in [5.74, 6) is -2.96. The number of hydrogen-bond acceptors (Lipinski definition) is 5. The summed E-state index contributed by atoms with van der Waals surface area (Å²) in [5.41, 5.74) is -0.117. The second-order valence-electron chi connectivity index (χ2n) is 6.43. The highest BCUT2D eigenvalue weighted by molar-refractivity contribution is 6.11. The van der Waals surface area contributed by atoms with Gasteiger partial charge in [-0.1, -0.05) is 0 Å². The number of ether oxygens (including phenoxy) is 2. The molecule has 0 aliphatic heterocycles. The number of aromatic nitrogens is 3. The van der Waals surface area contributed by atoms with E-state index in [4.69, 9.17) is 9.47 Å². The lowest BCUT2D eigenvalue weighted by atomic mass is 9.97. The molecule has 0 radical (unpaired) electrons. The molecule has 0 atom stereocenters. The Morgan fingerprint density at radius 1 is 1.10 bits per heavy atom. The lowest BCUT2D eigenvalue weighted by Gasteiger charge is -2.16. The Hall–Kier alpha value is -3.33. The van der Waals surface area contributed by atoms with Crippen molar-refractivity contribution in [1.29, 1.82) is 0 Å². The third-order valence-electron chi connectivity index (χ3n) is 4.65. The summed E-state index contributed by atoms with van der Waals surface area (Å²) >= 11 is 0. The van der Waals surface area contributed by atoms with Crippen molar-refractivity contribution >= 4 is 21.8 Å². The molecule has 0 aliphatic rings. The third-order valence-corrected chi connectivity index (χ3v) is 4.65. The number of methoxy groups -OCH3 is 1. The van der Waals surface area contributed by atoms with Crippen LogP contribution in [0.4, 0.5) is 13.2 Å². The molecule has 2 aromatic heterocycles. The van der Waals surface area contributed by atoms with Crippen molar-refractivity contribution < 1.29 is 27.8 Å². The molecule has 150 valence electrons. The van der Waals surface area contributed by atoms with Crippen molar-refractivity contribution in [3.05, 3.63) is 47.4 Å². The number of rotatable bonds is 5. The van der Waals surface area contributed by atoms with E-state index in [0.29, 0.717) is 0 Å². The van der Waals surface area contributed by atoms with E-state index in [0.717, 1.165) is 6.07 Å². The molecule has 0 unspecified atom stereocenters. The monoisotopic (exact) mass is 403 g/mol. The maximum absolute atomic E-state index is 15.5. The zero-order valence-corrected chi connectivity index (χ0v) is 15.5. The van der Waals surface area contributed by atoms with Crippen LogP contribution in [0.25, 0.3) is 33.1 Å². The first kappa shape index (κ1) is 19.0. The Kier molecular flexibility index (Phi) is 4.75. The van der Waals surface area contributed by atoms with E-state index in [1.807, 2.05) is 0 Å². The lowest BCUT2D eigenvalue weighted by Crippen LogP contribution is -2.08. The van der Waals surface area contributed by atoms with E-state index in [1.165, 1.54) is 32.4 Å². The molecule has 9 heteroatoms. The van der Waals surface area contributed by atoms with E-state index in [1.54, 1.807) is 0 Å². The van der Waals surface area contributed by atoms with Gasteiger partial charge in [-0.15, -0.1) is 0 Å². The van der Waals surface area contributed by atoms with Crippen molar-refractivity contribution in [2.45, 2.75) is 6.92 Å². The number of aromatic amines is 1. The van der Waals surface area contributed by atoms with Crippen LogP contribution in [-0.4, -0.2) is 40.6 Å². The van der Waals surface area contributed by atoms with Gasteiger partial charge in [0.2, 0.25) is 0 Å². The van der Waals surface area contributed by atoms with Gasteiger partial charge in [-0.05, 0) is 19.1 Å². The van der Waals surface area contributed by atoms with Gasteiger partial charge in [-0.2, -0.15) is 5.10 Å². The molecular formula is C20H16F3N3O3. The van der Waals surface area contributed by atoms with Gasteiger partial charge in [0.15, 0.2) is 17.2 Å². The molecule has 0 bridgehead atoms. The van der Waals surface area contributed by atoms with Crippen molar-refractivity contribution in [1.82, 2.24) is 15.2 Å². The number of hydrogen-bond donors (Lipinski definition) is 2. The van der Waals surface area contributed by atoms with Gasteiger partial charge in [-0.3, -0.25) is 5.10 Å². The summed E-state index contributed by atoms with van der Waals surface area (Å²) in [6, 6.07) is 3.38. The van der Waals surface area contributed by atoms with Gasteiger partial charge >= 0.3 is 0 Å². The first-order valence-corrected chi connectivity index (χ1v) is 8.69. The molecule has 2 heterocycles. The van der Waals surface area contributed by atoms with Gasteiger partial charge < -0.3 is 14.6 Å². The summed E-state index contributed by atoms with van der Waals surface area (Å²) in [5, 5.41) is 15.8. The molecule has 4 rings (SSSR count). The molecule has 29 heavy (non-hydrogen) atoms. The zero-order chi connectivity index (χ0) is 20.7. The highest BCUT2D eigenvalue weighted by Gasteiger charge is 2.26. The fraction of sp³-hybridized carbons (Fsp3) is 0.200. The topological polar surface area (TPSA) is 80.3 Å². The Labute approximate surface area is 162 Å². The second kappa shape index (κ2) is 7.25. The summed E-state index contributed by atoms with van der Waals surface area (Å²) in [7, 11) is 1.46. The molecule has 2 aromatic carbocycles. The van der Waals surface area contributed by atoms with Crippen molar-refractivity contribution in [2.75, 3.05) is 20.3 Å². The van der Waals surface area contributed by atoms with Gasteiger partial charge in [0.25, 0.3) is 0 Å². The maximum Gasteiger partial charge on any atom is 0.174 e. The predicted octanol–water partition coefficient (Wildman–Crippen LogP) is 4.23. The molecule has 0 fully saturated rings. The van der Waals surface area contributed by atoms with Crippen LogP contribution in [0.3, 0.4) is 0 Å². The van der Waals surface area contributed by atoms with Crippen LogP contribution in [0.5, 0.6) is 11.5 Å². The van der Waals surface area contributed by atoms with Crippen LogP contribution >= 0.6 is 0 Å². The molecule has 2 N–H and O–H groups in total. The van der Waals surface area contributed by atoms with E-state index in [2.05, 4.69) is 15.2 Å². The van der Waals surface area contributed by atoms with E-state index in [-0.39, 0.29) is 63.3 Å². The fourth-order valence-electron chi connectivity index (χ4n) is 3.26. The van der Waals surface area contributed by atoms with E-state index >= 15 is 8.78 Å². The summed E-state index contributed by atoms with van der Waals surface area (Å²) in [4.78, 5) is 4.27. The Balaban J connectivity index is 2.10. The molecule has 4 aromatic rings. The molecule has 0 saturated carbocycles. The number of benzene rings is 2. The van der Waals surface area contributed by atoms with Crippen LogP contribution < -0.4 is 4.74 Å². The average molecular weight is 403 g/mol. The quantitative estimate of drug-likeness (QED) is 0.488. The molecule has 0 amide bonds. The SMILES string of the molecule is COCCOc1c(C)c(F)c2c(-c3ccc(O)cc3F)nc3[nH]ncc3c2c1F. The molecule has 0 spiro atoms. The van der Waals surface area contributed by atoms with Crippen molar-refractivity contribution in [3.8, 4) is 22.8 Å². The third kappa shape index (κ3) is 3.03. The Morgan fingerprint density at radius 3 is 2.62 bits per heavy atom. The van der Waals surface area contributed by atoms with Gasteiger partial charge in [0, 0.05) is 40.5 Å². The lowest BCUT2D eigenvalue weighted by molar-refractivity contribution is 0.143. The number of phenols is 1. The predicted molar refractivity (Wildman–Crippen MR) is 100 cm³/mol. The standard InChI is InChI=1S/C20H16F3N3O3/c1-9-16(22)15-14(17(23)19(9)29-6-5-28-2)12-8-24-26-20(12)25-18(15)11-4-3-10(27)7-13(11)21/h3-4,7-8,27H,5-6H2,1-2H3,(H,24,25,26). The van der Waals surface area contributed by atoms with E-state index < -0.39 is 17.5 Å². The minimum atomic E-state index is -0.824. The van der Waals surface area contributed by atoms with Crippen LogP contribution in [0, 0.1) is 24.4 Å². The largest absolute Gasteiger partial charge is 0.508 e. The molecule has 6 nitrogen and oxygen atoms in total. The summed E-state index contributed by atoms with van der Waals surface area (Å²) < 4.78 is 55.7. The number of halogens is 3. The van der Waals surface area contributed by atoms with Gasteiger partial charge in [-0.25, -0.2) is 18.2 Å². The second-order valence-corrected chi connectivity index (χ2v) is 6.43. The highest BCUT2D eigenvalue weighted by Crippen LogP contribution is 2.41. The number of phenolic OH excluding ortho intramolecular Hbond substituents is 1. The first-order valence-electron chi connectivity index (χ1n) is 8.69. The number of nitrogens with zero attached hydrogens (tertiary/aromatic N) is 2. The van der Waals surface area contributed by atoms with Crippen LogP contribution in [0.1, 0.15) is 5.56 Å². The fourth-order valence-corrected chi connectivity index (χ4v) is 3.26. The number of fused-ring (bicyclic) bond motifs is 3. The number of H-pyrrole nitrogens is 1. The van der Waals surface area contributed by atoms with Crippen molar-refractivity contribution in [3.63, 3.8) is 0 Å². The average Bonchev–Trinajstić information content (AvgIpc) is 3.16. The molecular weight excluding hydrogens is 387 g/mol. The highest BCUT2D eigenvalue weighted by atomic mass is 19.1. The normalized spacial score (nSPS) is 11.5. The number of nitrogens with one attached hydrogen (secondary N) is 1. The van der Waals surface area contributed by atoms with Crippen LogP contribution in [0.15, 0.2) is 24.4 Å². The van der Waals surface area contributed by atoms with Gasteiger partial charge in [0.1, 0.15) is 24.0 Å². The van der Waals surface area contributed by atoms with Crippen LogP contribution in [-0.2, 0) is 4.74 Å². The summed E-state index contributed by atoms with van der Waals surface area (Å²) in [6.07, 6.45) is 1.32.